The molecule has 0 radical (unpaired) electrons. The van der Waals surface area contributed by atoms with Gasteiger partial charge in [0.15, 0.2) is 16.9 Å². The molecule has 4 rings (SSSR count). The van der Waals surface area contributed by atoms with Gasteiger partial charge in [0.2, 0.25) is 0 Å². The van der Waals surface area contributed by atoms with Crippen LogP contribution in [0.4, 0.5) is 0 Å². The number of thioether (sulfide) groups is 1. The summed E-state index contributed by atoms with van der Waals surface area (Å²) in [7, 11) is 1.60. The number of hydrogen-bond donors (Lipinski definition) is 0. The third-order valence-electron chi connectivity index (χ3n) is 4.01. The molecule has 0 amide bonds. The number of Topliss-reactive ketones (excluding diaryl/α,β-unsaturated/α-hetero) is 1. The van der Waals surface area contributed by atoms with Gasteiger partial charge in [-0.15, -0.1) is 5.10 Å². The first-order chi connectivity index (χ1) is 13.7. The number of rotatable bonds is 6. The topological polar surface area (TPSA) is 82.8 Å². The molecule has 0 saturated heterocycles. The molecule has 0 unspecified atom stereocenters. The second-order valence-corrected chi connectivity index (χ2v) is 7.17. The molecule has 2 aromatic heterocycles. The van der Waals surface area contributed by atoms with E-state index in [9.17, 15) is 4.79 Å². The van der Waals surface area contributed by atoms with Crippen LogP contribution in [0.1, 0.15) is 10.4 Å². The summed E-state index contributed by atoms with van der Waals surface area (Å²) < 4.78 is 6.87. The van der Waals surface area contributed by atoms with Crippen LogP contribution in [-0.2, 0) is 0 Å². The fraction of sp³-hybridized carbons (Fsp3) is 0.105. The third kappa shape index (κ3) is 3.69. The maximum atomic E-state index is 12.4. The van der Waals surface area contributed by atoms with Crippen LogP contribution in [0, 0.1) is 0 Å². The largest absolute Gasteiger partial charge is 0.497 e. The van der Waals surface area contributed by atoms with E-state index in [1.807, 2.05) is 24.3 Å². The first-order valence-corrected chi connectivity index (χ1v) is 9.64. The molecule has 2 aromatic carbocycles. The molecule has 9 heteroatoms. The zero-order valence-corrected chi connectivity index (χ0v) is 16.3. The molecule has 0 atom stereocenters. The number of aromatic nitrogens is 5. The molecular formula is C19H14ClN5O2S. The van der Waals surface area contributed by atoms with E-state index in [1.54, 1.807) is 36.1 Å². The molecule has 0 saturated carbocycles. The molecule has 0 aliphatic carbocycles. The average Bonchev–Trinajstić information content (AvgIpc) is 3.17. The van der Waals surface area contributed by atoms with Crippen LogP contribution in [0.15, 0.2) is 59.9 Å². The second kappa shape index (κ2) is 7.95. The Morgan fingerprint density at radius 3 is 2.79 bits per heavy atom. The average molecular weight is 412 g/mol. The molecule has 0 aliphatic rings. The predicted molar refractivity (Wildman–Crippen MR) is 108 cm³/mol. The fourth-order valence-corrected chi connectivity index (χ4v) is 3.55. The van der Waals surface area contributed by atoms with E-state index in [0.717, 1.165) is 5.69 Å². The van der Waals surface area contributed by atoms with Crippen molar-refractivity contribution < 1.29 is 9.53 Å². The SMILES string of the molecule is COc1cccc(-n2nnc3c(SCC(=O)c4ccc(Cl)cc4)ncnc32)c1. The lowest BCUT2D eigenvalue weighted by atomic mass is 10.1. The number of carbonyl (C=O) groups is 1. The van der Waals surface area contributed by atoms with E-state index in [0.29, 0.717) is 32.5 Å². The molecule has 2 heterocycles. The molecule has 0 spiro atoms. The third-order valence-corrected chi connectivity index (χ3v) is 5.24. The number of halogens is 1. The monoisotopic (exact) mass is 411 g/mol. The molecule has 0 bridgehead atoms. The van der Waals surface area contributed by atoms with Gasteiger partial charge in [0.1, 0.15) is 17.1 Å². The van der Waals surface area contributed by atoms with Crippen molar-refractivity contribution >= 4 is 40.3 Å². The fourth-order valence-electron chi connectivity index (χ4n) is 2.60. The highest BCUT2D eigenvalue weighted by Crippen LogP contribution is 2.26. The van der Waals surface area contributed by atoms with Crippen molar-refractivity contribution in [2.45, 2.75) is 5.03 Å². The van der Waals surface area contributed by atoms with Crippen molar-refractivity contribution in [2.75, 3.05) is 12.9 Å². The minimum atomic E-state index is -0.0198. The van der Waals surface area contributed by atoms with Crippen LogP contribution in [0.25, 0.3) is 16.9 Å². The van der Waals surface area contributed by atoms with Crippen molar-refractivity contribution in [3.63, 3.8) is 0 Å². The van der Waals surface area contributed by atoms with Gasteiger partial charge in [-0.1, -0.05) is 34.6 Å². The zero-order valence-electron chi connectivity index (χ0n) is 14.7. The van der Waals surface area contributed by atoms with Crippen LogP contribution >= 0.6 is 23.4 Å². The van der Waals surface area contributed by atoms with Crippen LogP contribution in [-0.4, -0.2) is 43.6 Å². The van der Waals surface area contributed by atoms with Crippen LogP contribution in [0.2, 0.25) is 5.02 Å². The van der Waals surface area contributed by atoms with E-state index in [2.05, 4.69) is 20.3 Å². The number of hydrogen-bond acceptors (Lipinski definition) is 7. The lowest BCUT2D eigenvalue weighted by molar-refractivity contribution is 0.102. The number of carbonyl (C=O) groups excluding carboxylic acids is 1. The Morgan fingerprint density at radius 2 is 2.00 bits per heavy atom. The van der Waals surface area contributed by atoms with Crippen molar-refractivity contribution in [3.05, 3.63) is 65.4 Å². The Bertz CT molecular complexity index is 1150. The highest BCUT2D eigenvalue weighted by Gasteiger charge is 2.15. The Hall–Kier alpha value is -2.97. The highest BCUT2D eigenvalue weighted by molar-refractivity contribution is 8.00. The molecular weight excluding hydrogens is 398 g/mol. The molecule has 0 N–H and O–H groups in total. The first kappa shape index (κ1) is 18.4. The van der Waals surface area contributed by atoms with Crippen molar-refractivity contribution in [1.29, 1.82) is 0 Å². The van der Waals surface area contributed by atoms with Gasteiger partial charge in [-0.25, -0.2) is 9.97 Å². The smallest absolute Gasteiger partial charge is 0.187 e. The molecule has 28 heavy (non-hydrogen) atoms. The van der Waals surface area contributed by atoms with Gasteiger partial charge in [0.05, 0.1) is 18.6 Å². The summed E-state index contributed by atoms with van der Waals surface area (Å²) in [5.74, 6) is 0.909. The van der Waals surface area contributed by atoms with E-state index in [1.165, 1.54) is 18.1 Å². The Labute approximate surface area is 169 Å². The van der Waals surface area contributed by atoms with Gasteiger partial charge >= 0.3 is 0 Å². The Kier molecular flexibility index (Phi) is 5.23. The van der Waals surface area contributed by atoms with E-state index >= 15 is 0 Å². The van der Waals surface area contributed by atoms with Gasteiger partial charge < -0.3 is 4.74 Å². The van der Waals surface area contributed by atoms with Crippen molar-refractivity contribution in [3.8, 4) is 11.4 Å². The zero-order chi connectivity index (χ0) is 19.5. The van der Waals surface area contributed by atoms with Crippen LogP contribution < -0.4 is 4.74 Å². The van der Waals surface area contributed by atoms with Gasteiger partial charge in [-0.3, -0.25) is 4.79 Å². The van der Waals surface area contributed by atoms with Gasteiger partial charge in [0.25, 0.3) is 0 Å². The number of benzene rings is 2. The summed E-state index contributed by atoms with van der Waals surface area (Å²) >= 11 is 7.17. The Balaban J connectivity index is 1.59. The standard InChI is InChI=1S/C19H14ClN5O2S/c1-27-15-4-2-3-14(9-15)25-18-17(23-24-25)19(22-11-21-18)28-10-16(26)12-5-7-13(20)8-6-12/h2-9,11H,10H2,1H3. The van der Waals surface area contributed by atoms with Crippen LogP contribution in [0.5, 0.6) is 5.75 Å². The highest BCUT2D eigenvalue weighted by atomic mass is 35.5. The predicted octanol–water partition coefficient (Wildman–Crippen LogP) is 3.85. The summed E-state index contributed by atoms with van der Waals surface area (Å²) in [5, 5.41) is 9.59. The van der Waals surface area contributed by atoms with Gasteiger partial charge in [-0.05, 0) is 36.4 Å². The van der Waals surface area contributed by atoms with Crippen molar-refractivity contribution in [1.82, 2.24) is 25.0 Å². The number of fused-ring (bicyclic) bond motifs is 1. The van der Waals surface area contributed by atoms with Crippen molar-refractivity contribution in [2.24, 2.45) is 0 Å². The van der Waals surface area contributed by atoms with E-state index in [-0.39, 0.29) is 11.5 Å². The lowest BCUT2D eigenvalue weighted by Crippen LogP contribution is -2.03. The van der Waals surface area contributed by atoms with E-state index in [4.69, 9.17) is 16.3 Å². The molecule has 7 nitrogen and oxygen atoms in total. The first-order valence-electron chi connectivity index (χ1n) is 8.28. The second-order valence-electron chi connectivity index (χ2n) is 5.77. The Morgan fingerprint density at radius 1 is 1.18 bits per heavy atom. The summed E-state index contributed by atoms with van der Waals surface area (Å²) in [4.78, 5) is 21.0. The summed E-state index contributed by atoms with van der Waals surface area (Å²) in [6.45, 7) is 0. The minimum absolute atomic E-state index is 0.0198. The number of ether oxygens (including phenoxy) is 1. The number of methoxy groups -OCH3 is 1. The molecule has 0 fully saturated rings. The summed E-state index contributed by atoms with van der Waals surface area (Å²) in [5.41, 5.74) is 2.47. The molecule has 140 valence electrons. The molecule has 4 aromatic rings. The maximum absolute atomic E-state index is 12.4. The van der Waals surface area contributed by atoms with Gasteiger partial charge in [0, 0.05) is 16.7 Å². The lowest BCUT2D eigenvalue weighted by Gasteiger charge is -2.05. The maximum Gasteiger partial charge on any atom is 0.187 e. The minimum Gasteiger partial charge on any atom is -0.497 e. The number of nitrogens with zero attached hydrogens (tertiary/aromatic N) is 5. The summed E-state index contributed by atoms with van der Waals surface area (Å²) in [6, 6.07) is 14.2. The van der Waals surface area contributed by atoms with Crippen LogP contribution in [0.3, 0.4) is 0 Å². The van der Waals surface area contributed by atoms with Gasteiger partial charge in [-0.2, -0.15) is 4.68 Å². The number of ketones is 1. The quantitative estimate of drug-likeness (QED) is 0.271. The van der Waals surface area contributed by atoms with E-state index < -0.39 is 0 Å². The summed E-state index contributed by atoms with van der Waals surface area (Å²) in [6.07, 6.45) is 1.44. The molecule has 0 aliphatic heterocycles. The normalized spacial score (nSPS) is 10.9.